The SMILES string of the molecule is Cc1noc(C)c1Cn1cc(C#N)c2cc(Oc3ccc(N4CCC[C@H]4C(N)=O)cc3)ccc21. The monoisotopic (exact) mass is 455 g/mol. The van der Waals surface area contributed by atoms with Gasteiger partial charge in [-0.1, -0.05) is 5.16 Å². The Morgan fingerprint density at radius 2 is 2.00 bits per heavy atom. The maximum Gasteiger partial charge on any atom is 0.240 e. The summed E-state index contributed by atoms with van der Waals surface area (Å²) in [6.07, 6.45) is 3.58. The summed E-state index contributed by atoms with van der Waals surface area (Å²) in [6.45, 7) is 5.19. The van der Waals surface area contributed by atoms with Gasteiger partial charge in [-0.05, 0) is 69.2 Å². The topological polar surface area (TPSA) is 110 Å². The van der Waals surface area contributed by atoms with Gasteiger partial charge < -0.3 is 24.5 Å². The third kappa shape index (κ3) is 3.86. The van der Waals surface area contributed by atoms with Gasteiger partial charge in [0.1, 0.15) is 29.4 Å². The Morgan fingerprint density at radius 1 is 1.24 bits per heavy atom. The molecule has 172 valence electrons. The van der Waals surface area contributed by atoms with Crippen LogP contribution in [0.2, 0.25) is 0 Å². The standard InChI is InChI=1S/C26H25N5O3/c1-16-23(17(2)34-29-16)15-30-14-18(13-27)22-12-21(9-10-24(22)30)33-20-7-5-19(6-8-20)31-11-3-4-25(31)26(28)32/h5-10,12,14,25H,3-4,11,15H2,1-2H3,(H2,28,32)/t25-/m0/s1. The van der Waals surface area contributed by atoms with Gasteiger partial charge in [0, 0.05) is 34.9 Å². The maximum atomic E-state index is 11.7. The van der Waals surface area contributed by atoms with Gasteiger partial charge in [0.05, 0.1) is 17.8 Å². The van der Waals surface area contributed by atoms with E-state index in [1.807, 2.05) is 72.0 Å². The number of ether oxygens (including phenoxy) is 1. The summed E-state index contributed by atoms with van der Waals surface area (Å²) in [6, 6.07) is 15.4. The van der Waals surface area contributed by atoms with Crippen LogP contribution >= 0.6 is 0 Å². The van der Waals surface area contributed by atoms with Crippen molar-refractivity contribution in [3.05, 3.63) is 71.2 Å². The number of aryl methyl sites for hydroxylation is 2. The summed E-state index contributed by atoms with van der Waals surface area (Å²) < 4.78 is 13.4. The summed E-state index contributed by atoms with van der Waals surface area (Å²) in [5.41, 5.74) is 9.86. The van der Waals surface area contributed by atoms with E-state index in [0.717, 1.165) is 53.0 Å². The molecule has 1 aliphatic heterocycles. The molecule has 4 aromatic rings. The van der Waals surface area contributed by atoms with Crippen LogP contribution < -0.4 is 15.4 Å². The number of nitrogens with two attached hydrogens (primary N) is 1. The number of carbonyl (C=O) groups is 1. The first-order valence-electron chi connectivity index (χ1n) is 11.2. The highest BCUT2D eigenvalue weighted by molar-refractivity contribution is 5.88. The number of hydrogen-bond acceptors (Lipinski definition) is 6. The molecular formula is C26H25N5O3. The quantitative estimate of drug-likeness (QED) is 0.461. The lowest BCUT2D eigenvalue weighted by molar-refractivity contribution is -0.119. The summed E-state index contributed by atoms with van der Waals surface area (Å²) in [5.74, 6) is 1.80. The molecule has 8 heteroatoms. The van der Waals surface area contributed by atoms with Gasteiger partial charge >= 0.3 is 0 Å². The van der Waals surface area contributed by atoms with Gasteiger partial charge in [0.15, 0.2) is 0 Å². The number of benzene rings is 2. The fourth-order valence-electron chi connectivity index (χ4n) is 4.67. The van der Waals surface area contributed by atoms with Crippen molar-refractivity contribution in [3.8, 4) is 17.6 Å². The van der Waals surface area contributed by atoms with Crippen LogP contribution in [0.1, 0.15) is 35.4 Å². The highest BCUT2D eigenvalue weighted by Gasteiger charge is 2.29. The molecule has 1 saturated heterocycles. The van der Waals surface area contributed by atoms with E-state index >= 15 is 0 Å². The van der Waals surface area contributed by atoms with Crippen molar-refractivity contribution >= 4 is 22.5 Å². The molecule has 34 heavy (non-hydrogen) atoms. The molecule has 0 aliphatic carbocycles. The van der Waals surface area contributed by atoms with E-state index in [-0.39, 0.29) is 11.9 Å². The van der Waals surface area contributed by atoms with Crippen molar-refractivity contribution in [1.29, 1.82) is 5.26 Å². The van der Waals surface area contributed by atoms with Gasteiger partial charge in [-0.2, -0.15) is 5.26 Å². The zero-order chi connectivity index (χ0) is 23.8. The number of nitriles is 1. The molecule has 3 heterocycles. The molecule has 1 aliphatic rings. The van der Waals surface area contributed by atoms with Crippen LogP contribution in [0, 0.1) is 25.2 Å². The number of hydrogen-bond donors (Lipinski definition) is 1. The van der Waals surface area contributed by atoms with Crippen molar-refractivity contribution < 1.29 is 14.1 Å². The van der Waals surface area contributed by atoms with Crippen molar-refractivity contribution in [2.75, 3.05) is 11.4 Å². The number of amides is 1. The first-order valence-corrected chi connectivity index (χ1v) is 11.2. The average molecular weight is 456 g/mol. The Morgan fingerprint density at radius 3 is 2.68 bits per heavy atom. The Balaban J connectivity index is 1.39. The zero-order valence-corrected chi connectivity index (χ0v) is 19.1. The molecule has 2 aromatic heterocycles. The summed E-state index contributed by atoms with van der Waals surface area (Å²) in [5, 5.41) is 14.5. The normalized spacial score (nSPS) is 15.6. The zero-order valence-electron chi connectivity index (χ0n) is 19.1. The minimum atomic E-state index is -0.291. The molecule has 5 rings (SSSR count). The van der Waals surface area contributed by atoms with E-state index in [2.05, 4.69) is 11.2 Å². The number of aromatic nitrogens is 2. The fourth-order valence-corrected chi connectivity index (χ4v) is 4.67. The number of primary amides is 1. The maximum absolute atomic E-state index is 11.7. The minimum absolute atomic E-state index is 0.256. The summed E-state index contributed by atoms with van der Waals surface area (Å²) in [4.78, 5) is 13.7. The minimum Gasteiger partial charge on any atom is -0.457 e. The number of nitrogens with zero attached hydrogens (tertiary/aromatic N) is 4. The van der Waals surface area contributed by atoms with E-state index < -0.39 is 0 Å². The fraction of sp³-hybridized carbons (Fsp3) is 0.269. The molecular weight excluding hydrogens is 430 g/mol. The largest absolute Gasteiger partial charge is 0.457 e. The Hall–Kier alpha value is -4.25. The third-order valence-corrected chi connectivity index (χ3v) is 6.47. The Kier molecular flexibility index (Phi) is 5.46. The molecule has 0 bridgehead atoms. The van der Waals surface area contributed by atoms with E-state index in [1.54, 1.807) is 0 Å². The van der Waals surface area contributed by atoms with Crippen LogP contribution in [0.25, 0.3) is 10.9 Å². The molecule has 0 saturated carbocycles. The number of anilines is 1. The molecule has 8 nitrogen and oxygen atoms in total. The highest BCUT2D eigenvalue weighted by Crippen LogP contribution is 2.32. The van der Waals surface area contributed by atoms with Crippen LogP contribution in [0.5, 0.6) is 11.5 Å². The molecule has 1 atom stereocenters. The van der Waals surface area contributed by atoms with Crippen molar-refractivity contribution in [2.24, 2.45) is 5.73 Å². The summed E-state index contributed by atoms with van der Waals surface area (Å²) >= 11 is 0. The predicted octanol–water partition coefficient (Wildman–Crippen LogP) is 4.41. The Labute approximate surface area is 197 Å². The smallest absolute Gasteiger partial charge is 0.240 e. The second-order valence-electron chi connectivity index (χ2n) is 8.61. The van der Waals surface area contributed by atoms with Crippen LogP contribution in [0.3, 0.4) is 0 Å². The second-order valence-corrected chi connectivity index (χ2v) is 8.61. The lowest BCUT2D eigenvalue weighted by atomic mass is 10.1. The molecule has 0 unspecified atom stereocenters. The first kappa shape index (κ1) is 21.6. The lowest BCUT2D eigenvalue weighted by Gasteiger charge is -2.24. The molecule has 0 radical (unpaired) electrons. The van der Waals surface area contributed by atoms with Crippen LogP contribution in [0.4, 0.5) is 5.69 Å². The van der Waals surface area contributed by atoms with Crippen molar-refractivity contribution in [2.45, 2.75) is 39.3 Å². The lowest BCUT2D eigenvalue weighted by Crippen LogP contribution is -2.40. The van der Waals surface area contributed by atoms with Gasteiger partial charge in [-0.15, -0.1) is 0 Å². The van der Waals surface area contributed by atoms with Gasteiger partial charge in [0.25, 0.3) is 0 Å². The van der Waals surface area contributed by atoms with E-state index in [0.29, 0.717) is 23.6 Å². The Bertz CT molecular complexity index is 1390. The van der Waals surface area contributed by atoms with Crippen LogP contribution in [0.15, 0.2) is 53.2 Å². The van der Waals surface area contributed by atoms with Gasteiger partial charge in [-0.25, -0.2) is 0 Å². The van der Waals surface area contributed by atoms with E-state index in [1.165, 1.54) is 0 Å². The van der Waals surface area contributed by atoms with Crippen molar-refractivity contribution in [1.82, 2.24) is 9.72 Å². The predicted molar refractivity (Wildman–Crippen MR) is 128 cm³/mol. The summed E-state index contributed by atoms with van der Waals surface area (Å²) in [7, 11) is 0. The van der Waals surface area contributed by atoms with Crippen LogP contribution in [-0.2, 0) is 11.3 Å². The highest BCUT2D eigenvalue weighted by atomic mass is 16.5. The molecule has 2 N–H and O–H groups in total. The molecule has 1 amide bonds. The van der Waals surface area contributed by atoms with E-state index in [9.17, 15) is 10.1 Å². The number of carbonyl (C=O) groups excluding carboxylic acids is 1. The third-order valence-electron chi connectivity index (χ3n) is 6.47. The second kappa shape index (κ2) is 8.60. The molecule has 2 aromatic carbocycles. The first-order chi connectivity index (χ1) is 16.4. The van der Waals surface area contributed by atoms with Gasteiger partial charge in [0.2, 0.25) is 5.91 Å². The van der Waals surface area contributed by atoms with Gasteiger partial charge in [-0.3, -0.25) is 4.79 Å². The van der Waals surface area contributed by atoms with Crippen molar-refractivity contribution in [3.63, 3.8) is 0 Å². The number of rotatable bonds is 6. The average Bonchev–Trinajstić information content (AvgIpc) is 3.54. The number of fused-ring (bicyclic) bond motifs is 1. The molecule has 1 fully saturated rings. The van der Waals surface area contributed by atoms with Crippen LogP contribution in [-0.4, -0.2) is 28.2 Å². The molecule has 0 spiro atoms. The van der Waals surface area contributed by atoms with E-state index in [4.69, 9.17) is 15.0 Å².